The van der Waals surface area contributed by atoms with Gasteiger partial charge in [0.25, 0.3) is 0 Å². The summed E-state index contributed by atoms with van der Waals surface area (Å²) in [6.07, 6.45) is 2.77. The van der Waals surface area contributed by atoms with Gasteiger partial charge in [-0.25, -0.2) is 0 Å². The number of hydrogen-bond acceptors (Lipinski definition) is 1. The Morgan fingerprint density at radius 2 is 1.67 bits per heavy atom. The van der Waals surface area contributed by atoms with Crippen molar-refractivity contribution in [3.05, 3.63) is 6.92 Å². The minimum Gasteiger partial charge on any atom is -0.376 e. The number of hydrogen-bond donors (Lipinski definition) is 0. The first-order chi connectivity index (χ1) is 4.18. The molecule has 1 nitrogen and oxygen atoms in total. The number of ether oxygens (including phenoxy) is 1. The molecular formula is C8H14O. The van der Waals surface area contributed by atoms with Crippen LogP contribution in [0, 0.1) is 12.8 Å². The van der Waals surface area contributed by atoms with E-state index < -0.39 is 0 Å². The normalized spacial score (nSPS) is 45.0. The minimum absolute atomic E-state index is 0.365. The van der Waals surface area contributed by atoms with E-state index in [4.69, 9.17) is 11.7 Å². The third-order valence-corrected chi connectivity index (χ3v) is 1.73. The van der Waals surface area contributed by atoms with Crippen molar-refractivity contribution in [1.82, 2.24) is 0 Å². The molecule has 1 heterocycles. The second kappa shape index (κ2) is 2.70. The highest BCUT2D eigenvalue weighted by Crippen LogP contribution is 2.23. The summed E-state index contributed by atoms with van der Waals surface area (Å²) in [4.78, 5) is 0. The smallest absolute Gasteiger partial charge is 0.0553 e. The van der Waals surface area contributed by atoms with E-state index >= 15 is 0 Å². The van der Waals surface area contributed by atoms with Gasteiger partial charge in [-0.1, -0.05) is 0 Å². The van der Waals surface area contributed by atoms with Crippen molar-refractivity contribution >= 4 is 0 Å². The summed E-state index contributed by atoms with van der Waals surface area (Å²) >= 11 is 0. The molecule has 1 heteroatoms. The Balaban J connectivity index is 2.34. The lowest BCUT2D eigenvalue weighted by molar-refractivity contribution is -0.0440. The topological polar surface area (TPSA) is 9.23 Å². The van der Waals surface area contributed by atoms with Gasteiger partial charge in [-0.15, -0.1) is 0 Å². The molecule has 0 aliphatic carbocycles. The molecule has 1 aliphatic rings. The van der Waals surface area contributed by atoms with Crippen LogP contribution in [-0.4, -0.2) is 12.2 Å². The summed E-state index contributed by atoms with van der Waals surface area (Å²) < 4.78 is 5.48. The van der Waals surface area contributed by atoms with Gasteiger partial charge in [-0.3, -0.25) is 0 Å². The van der Waals surface area contributed by atoms with E-state index in [0.717, 1.165) is 12.8 Å². The van der Waals surface area contributed by atoms with Crippen molar-refractivity contribution in [2.75, 3.05) is 0 Å². The average molecular weight is 126 g/mol. The average Bonchev–Trinajstić information content (AvgIpc) is 1.59. The molecule has 9 heavy (non-hydrogen) atoms. The highest BCUT2D eigenvalue weighted by atomic mass is 16.5. The SMILES string of the molecule is [CH]C1CC(C)OC(C)C1. The van der Waals surface area contributed by atoms with Gasteiger partial charge in [0.15, 0.2) is 0 Å². The van der Waals surface area contributed by atoms with Crippen molar-refractivity contribution in [2.24, 2.45) is 5.92 Å². The highest BCUT2D eigenvalue weighted by molar-refractivity contribution is 4.74. The Morgan fingerprint density at radius 3 is 2.00 bits per heavy atom. The zero-order valence-corrected chi connectivity index (χ0v) is 6.13. The first-order valence-electron chi connectivity index (χ1n) is 3.59. The van der Waals surface area contributed by atoms with Crippen LogP contribution in [0.15, 0.2) is 0 Å². The first kappa shape index (κ1) is 7.07. The van der Waals surface area contributed by atoms with E-state index in [9.17, 15) is 0 Å². The van der Waals surface area contributed by atoms with Crippen molar-refractivity contribution < 1.29 is 4.74 Å². The summed E-state index contributed by atoms with van der Waals surface area (Å²) in [6, 6.07) is 0. The lowest BCUT2D eigenvalue weighted by Gasteiger charge is -2.29. The molecule has 0 aromatic rings. The molecule has 0 amide bonds. The van der Waals surface area contributed by atoms with E-state index in [1.165, 1.54) is 0 Å². The maximum absolute atomic E-state index is 5.74. The summed E-state index contributed by atoms with van der Waals surface area (Å²) in [5, 5.41) is 0. The molecule has 0 aromatic carbocycles. The third-order valence-electron chi connectivity index (χ3n) is 1.73. The summed E-state index contributed by atoms with van der Waals surface area (Å²) in [6.45, 7) is 9.89. The molecule has 0 aromatic heterocycles. The zero-order chi connectivity index (χ0) is 6.85. The molecule has 2 unspecified atom stereocenters. The Labute approximate surface area is 57.4 Å². The van der Waals surface area contributed by atoms with Crippen LogP contribution in [0.2, 0.25) is 0 Å². The van der Waals surface area contributed by atoms with Crippen LogP contribution in [0.4, 0.5) is 0 Å². The Hall–Kier alpha value is -0.0400. The Morgan fingerprint density at radius 1 is 1.22 bits per heavy atom. The van der Waals surface area contributed by atoms with Crippen LogP contribution >= 0.6 is 0 Å². The fourth-order valence-corrected chi connectivity index (χ4v) is 1.46. The summed E-state index contributed by atoms with van der Waals surface area (Å²) in [5.41, 5.74) is 0. The lowest BCUT2D eigenvalue weighted by Crippen LogP contribution is -2.27. The van der Waals surface area contributed by atoms with Gasteiger partial charge in [0.2, 0.25) is 0 Å². The van der Waals surface area contributed by atoms with E-state index in [1.807, 2.05) is 0 Å². The third kappa shape index (κ3) is 1.98. The van der Waals surface area contributed by atoms with Crippen LogP contribution in [0.3, 0.4) is 0 Å². The van der Waals surface area contributed by atoms with Crippen molar-refractivity contribution in [1.29, 1.82) is 0 Å². The predicted octanol–water partition coefficient (Wildman–Crippen LogP) is 1.90. The summed E-state index contributed by atoms with van der Waals surface area (Å²) in [7, 11) is 0. The van der Waals surface area contributed by atoms with Crippen LogP contribution in [0.25, 0.3) is 0 Å². The second-order valence-electron chi connectivity index (χ2n) is 2.99. The van der Waals surface area contributed by atoms with Crippen molar-refractivity contribution in [3.8, 4) is 0 Å². The molecule has 1 aliphatic heterocycles. The quantitative estimate of drug-likeness (QED) is 0.481. The van der Waals surface area contributed by atoms with Gasteiger partial charge < -0.3 is 4.74 Å². The molecule has 1 fully saturated rings. The largest absolute Gasteiger partial charge is 0.376 e. The van der Waals surface area contributed by atoms with E-state index in [1.54, 1.807) is 0 Å². The van der Waals surface area contributed by atoms with Gasteiger partial charge in [-0.05, 0) is 39.5 Å². The fourth-order valence-electron chi connectivity index (χ4n) is 1.46. The monoisotopic (exact) mass is 126 g/mol. The molecule has 52 valence electrons. The highest BCUT2D eigenvalue weighted by Gasteiger charge is 2.20. The van der Waals surface area contributed by atoms with Gasteiger partial charge >= 0.3 is 0 Å². The minimum atomic E-state index is 0.365. The maximum atomic E-state index is 5.74. The first-order valence-corrected chi connectivity index (χ1v) is 3.59. The number of rotatable bonds is 0. The zero-order valence-electron chi connectivity index (χ0n) is 6.13. The van der Waals surface area contributed by atoms with E-state index in [-0.39, 0.29) is 0 Å². The molecule has 1 rings (SSSR count). The molecular weight excluding hydrogens is 112 g/mol. The lowest BCUT2D eigenvalue weighted by atomic mass is 9.95. The molecule has 1 saturated heterocycles. The Bertz CT molecular complexity index is 65.5. The Kier molecular flexibility index (Phi) is 2.12. The molecule has 0 saturated carbocycles. The predicted molar refractivity (Wildman–Crippen MR) is 37.0 cm³/mol. The van der Waals surface area contributed by atoms with Gasteiger partial charge in [-0.2, -0.15) is 0 Å². The van der Waals surface area contributed by atoms with Crippen molar-refractivity contribution in [3.63, 3.8) is 0 Å². The van der Waals surface area contributed by atoms with Crippen LogP contribution in [-0.2, 0) is 4.74 Å². The maximum Gasteiger partial charge on any atom is 0.0553 e. The van der Waals surface area contributed by atoms with Crippen LogP contribution in [0.1, 0.15) is 26.7 Å². The van der Waals surface area contributed by atoms with Gasteiger partial charge in [0.05, 0.1) is 12.2 Å². The van der Waals surface area contributed by atoms with E-state index in [2.05, 4.69) is 13.8 Å². The molecule has 0 spiro atoms. The summed E-state index contributed by atoms with van der Waals surface area (Å²) in [5.74, 6) is 0.365. The fraction of sp³-hybridized carbons (Fsp3) is 0.875. The van der Waals surface area contributed by atoms with Crippen LogP contribution in [0.5, 0.6) is 0 Å². The molecule has 0 bridgehead atoms. The molecule has 0 N–H and O–H groups in total. The molecule has 2 atom stereocenters. The van der Waals surface area contributed by atoms with Gasteiger partial charge in [0, 0.05) is 0 Å². The molecule has 2 radical (unpaired) electrons. The second-order valence-corrected chi connectivity index (χ2v) is 2.99. The van der Waals surface area contributed by atoms with Gasteiger partial charge in [0.1, 0.15) is 0 Å². The standard InChI is InChI=1S/C8H14O/c1-6-4-7(2)9-8(3)5-6/h1,6-8H,4-5H2,2-3H3. The van der Waals surface area contributed by atoms with Crippen LogP contribution < -0.4 is 0 Å². The van der Waals surface area contributed by atoms with Crippen molar-refractivity contribution in [2.45, 2.75) is 38.9 Å². The van der Waals surface area contributed by atoms with E-state index in [0.29, 0.717) is 18.1 Å².